The summed E-state index contributed by atoms with van der Waals surface area (Å²) in [7, 11) is 0. The van der Waals surface area contributed by atoms with Crippen molar-refractivity contribution in [2.45, 2.75) is 25.0 Å². The van der Waals surface area contributed by atoms with E-state index in [1.54, 1.807) is 0 Å². The second-order valence-corrected chi connectivity index (χ2v) is 6.83. The standard InChI is InChI=1S/C15H18N2O2S2/c1-11-14(19)17(15(20)21-11)10-8-13(18)16-9-7-12-5-3-2-4-6-12/h2-6,11H,7-10H2,1H3,(H,16,18). The van der Waals surface area contributed by atoms with Gasteiger partial charge in [0.15, 0.2) is 0 Å². The van der Waals surface area contributed by atoms with Crippen LogP contribution in [0.2, 0.25) is 0 Å². The normalized spacial score (nSPS) is 18.1. The Hall–Kier alpha value is -1.40. The SMILES string of the molecule is CC1SC(=S)N(CCC(=O)NCCc2ccccc2)C1=O. The van der Waals surface area contributed by atoms with Crippen molar-refractivity contribution in [2.24, 2.45) is 0 Å². The molecule has 1 atom stereocenters. The molecule has 1 N–H and O–H groups in total. The molecule has 2 rings (SSSR count). The Morgan fingerprint density at radius 2 is 2.10 bits per heavy atom. The lowest BCUT2D eigenvalue weighted by molar-refractivity contribution is -0.126. The Morgan fingerprint density at radius 3 is 2.71 bits per heavy atom. The molecule has 1 unspecified atom stereocenters. The van der Waals surface area contributed by atoms with E-state index >= 15 is 0 Å². The highest BCUT2D eigenvalue weighted by Crippen LogP contribution is 2.26. The van der Waals surface area contributed by atoms with E-state index < -0.39 is 0 Å². The average Bonchev–Trinajstić information content (AvgIpc) is 2.71. The van der Waals surface area contributed by atoms with Crippen molar-refractivity contribution in [3.63, 3.8) is 0 Å². The number of hydrogen-bond acceptors (Lipinski definition) is 4. The predicted octanol–water partition coefficient (Wildman–Crippen LogP) is 1.98. The molecule has 1 aliphatic heterocycles. The molecule has 1 saturated heterocycles. The van der Waals surface area contributed by atoms with Crippen LogP contribution in [0.3, 0.4) is 0 Å². The van der Waals surface area contributed by atoms with Crippen LogP contribution in [0.4, 0.5) is 0 Å². The van der Waals surface area contributed by atoms with Gasteiger partial charge in [0.2, 0.25) is 11.8 Å². The van der Waals surface area contributed by atoms with Gasteiger partial charge in [-0.3, -0.25) is 14.5 Å². The van der Waals surface area contributed by atoms with Crippen LogP contribution in [0, 0.1) is 0 Å². The summed E-state index contributed by atoms with van der Waals surface area (Å²) in [6.07, 6.45) is 1.09. The molecule has 1 aromatic carbocycles. The lowest BCUT2D eigenvalue weighted by atomic mass is 10.1. The lowest BCUT2D eigenvalue weighted by Gasteiger charge is -2.14. The average molecular weight is 322 g/mol. The molecule has 0 bridgehead atoms. The summed E-state index contributed by atoms with van der Waals surface area (Å²) >= 11 is 6.51. The van der Waals surface area contributed by atoms with Gasteiger partial charge in [-0.05, 0) is 18.9 Å². The molecule has 0 aliphatic carbocycles. The first-order chi connectivity index (χ1) is 10.1. The summed E-state index contributed by atoms with van der Waals surface area (Å²) in [5.41, 5.74) is 1.19. The zero-order valence-electron chi connectivity index (χ0n) is 11.9. The minimum absolute atomic E-state index is 0.00193. The van der Waals surface area contributed by atoms with E-state index in [1.807, 2.05) is 37.3 Å². The zero-order valence-corrected chi connectivity index (χ0v) is 13.5. The predicted molar refractivity (Wildman–Crippen MR) is 89.1 cm³/mol. The first-order valence-electron chi connectivity index (χ1n) is 6.90. The quantitative estimate of drug-likeness (QED) is 0.814. The maximum absolute atomic E-state index is 11.8. The molecule has 1 fully saturated rings. The maximum atomic E-state index is 11.8. The number of carbonyl (C=O) groups is 2. The molecule has 1 aromatic rings. The number of nitrogens with one attached hydrogen (secondary N) is 1. The fourth-order valence-corrected chi connectivity index (χ4v) is 3.52. The number of thioether (sulfide) groups is 1. The molecule has 0 aromatic heterocycles. The van der Waals surface area contributed by atoms with Crippen molar-refractivity contribution >= 4 is 40.1 Å². The van der Waals surface area contributed by atoms with Crippen LogP contribution in [0.5, 0.6) is 0 Å². The Kier molecular flexibility index (Phi) is 5.76. The highest BCUT2D eigenvalue weighted by Gasteiger charge is 2.33. The minimum atomic E-state index is -0.126. The number of carbonyl (C=O) groups excluding carboxylic acids is 2. The Morgan fingerprint density at radius 1 is 1.38 bits per heavy atom. The molecule has 112 valence electrons. The fourth-order valence-electron chi connectivity index (χ4n) is 2.07. The number of thiocarbonyl (C=S) groups is 1. The van der Waals surface area contributed by atoms with Gasteiger partial charge in [0, 0.05) is 19.5 Å². The molecule has 1 aliphatic rings. The molecule has 6 heteroatoms. The van der Waals surface area contributed by atoms with Gasteiger partial charge in [0.05, 0.1) is 5.25 Å². The van der Waals surface area contributed by atoms with Crippen LogP contribution in [0.25, 0.3) is 0 Å². The van der Waals surface area contributed by atoms with E-state index in [0.717, 1.165) is 6.42 Å². The van der Waals surface area contributed by atoms with Crippen molar-refractivity contribution < 1.29 is 9.59 Å². The first kappa shape index (κ1) is 16.0. The van der Waals surface area contributed by atoms with Crippen molar-refractivity contribution in [3.8, 4) is 0 Å². The highest BCUT2D eigenvalue weighted by atomic mass is 32.2. The van der Waals surface area contributed by atoms with E-state index in [9.17, 15) is 9.59 Å². The molecule has 0 saturated carbocycles. The molecule has 0 spiro atoms. The smallest absolute Gasteiger partial charge is 0.241 e. The molecular formula is C15H18N2O2S2. The Balaban J connectivity index is 1.68. The van der Waals surface area contributed by atoms with Crippen LogP contribution in [-0.2, 0) is 16.0 Å². The molecule has 2 amide bonds. The van der Waals surface area contributed by atoms with Gasteiger partial charge in [-0.15, -0.1) is 0 Å². The summed E-state index contributed by atoms with van der Waals surface area (Å²) in [4.78, 5) is 25.1. The summed E-state index contributed by atoms with van der Waals surface area (Å²) in [6.45, 7) is 2.80. The lowest BCUT2D eigenvalue weighted by Crippen LogP contribution is -2.35. The van der Waals surface area contributed by atoms with Crippen LogP contribution >= 0.6 is 24.0 Å². The van der Waals surface area contributed by atoms with E-state index in [-0.39, 0.29) is 23.5 Å². The summed E-state index contributed by atoms with van der Waals surface area (Å²) in [5.74, 6) is -0.0480. The summed E-state index contributed by atoms with van der Waals surface area (Å²) < 4.78 is 0.574. The van der Waals surface area contributed by atoms with Crippen molar-refractivity contribution in [1.82, 2.24) is 10.2 Å². The molecule has 1 heterocycles. The second-order valence-electron chi connectivity index (χ2n) is 4.85. The van der Waals surface area contributed by atoms with Crippen LogP contribution < -0.4 is 5.32 Å². The molecule has 0 radical (unpaired) electrons. The van der Waals surface area contributed by atoms with Crippen molar-refractivity contribution in [3.05, 3.63) is 35.9 Å². The van der Waals surface area contributed by atoms with Crippen molar-refractivity contribution in [2.75, 3.05) is 13.1 Å². The number of benzene rings is 1. The largest absolute Gasteiger partial charge is 0.356 e. The first-order valence-corrected chi connectivity index (χ1v) is 8.19. The van der Waals surface area contributed by atoms with Gasteiger partial charge in [-0.2, -0.15) is 0 Å². The molecule has 4 nitrogen and oxygen atoms in total. The Bertz CT molecular complexity index is 534. The van der Waals surface area contributed by atoms with Gasteiger partial charge in [0.25, 0.3) is 0 Å². The van der Waals surface area contributed by atoms with Crippen LogP contribution in [-0.4, -0.2) is 39.4 Å². The van der Waals surface area contributed by atoms with E-state index in [0.29, 0.717) is 17.4 Å². The van der Waals surface area contributed by atoms with E-state index in [4.69, 9.17) is 12.2 Å². The van der Waals surface area contributed by atoms with Gasteiger partial charge >= 0.3 is 0 Å². The van der Waals surface area contributed by atoms with Gasteiger partial charge in [0.1, 0.15) is 4.32 Å². The third kappa shape index (κ3) is 4.54. The van der Waals surface area contributed by atoms with Gasteiger partial charge < -0.3 is 5.32 Å². The monoisotopic (exact) mass is 322 g/mol. The fraction of sp³-hybridized carbons (Fsp3) is 0.400. The second kappa shape index (κ2) is 7.56. The minimum Gasteiger partial charge on any atom is -0.356 e. The van der Waals surface area contributed by atoms with Crippen LogP contribution in [0.15, 0.2) is 30.3 Å². The third-order valence-electron chi connectivity index (χ3n) is 3.25. The van der Waals surface area contributed by atoms with Gasteiger partial charge in [-0.1, -0.05) is 54.3 Å². The number of hydrogen-bond donors (Lipinski definition) is 1. The number of rotatable bonds is 6. The summed E-state index contributed by atoms with van der Waals surface area (Å²) in [5, 5.41) is 2.74. The zero-order chi connectivity index (χ0) is 15.2. The Labute approximate surface area is 134 Å². The maximum Gasteiger partial charge on any atom is 0.241 e. The van der Waals surface area contributed by atoms with Gasteiger partial charge in [-0.25, -0.2) is 0 Å². The van der Waals surface area contributed by atoms with Crippen LogP contribution in [0.1, 0.15) is 18.9 Å². The van der Waals surface area contributed by atoms with E-state index in [1.165, 1.54) is 22.2 Å². The number of nitrogens with zero attached hydrogens (tertiary/aromatic N) is 1. The summed E-state index contributed by atoms with van der Waals surface area (Å²) in [6, 6.07) is 10.0. The van der Waals surface area contributed by atoms with E-state index in [2.05, 4.69) is 5.32 Å². The third-order valence-corrected chi connectivity index (χ3v) is 4.74. The van der Waals surface area contributed by atoms with Crippen molar-refractivity contribution in [1.29, 1.82) is 0 Å². The highest BCUT2D eigenvalue weighted by molar-refractivity contribution is 8.24. The topological polar surface area (TPSA) is 49.4 Å². The number of amides is 2. The molecule has 21 heavy (non-hydrogen) atoms. The molecular weight excluding hydrogens is 304 g/mol.